The molecule has 0 heterocycles. The molecule has 3 rings (SSSR count). The average molecular weight is 285 g/mol. The first-order valence-electron chi connectivity index (χ1n) is 7.28. The van der Waals surface area contributed by atoms with Crippen molar-refractivity contribution >= 4 is 0 Å². The number of aryl methyl sites for hydroxylation is 1. The Labute approximate surface area is 125 Å². The molecular formula is C18H20FNO. The van der Waals surface area contributed by atoms with Crippen LogP contribution in [0.4, 0.5) is 4.39 Å². The van der Waals surface area contributed by atoms with E-state index in [1.807, 2.05) is 55.5 Å². The molecule has 0 bridgehead atoms. The highest BCUT2D eigenvalue weighted by Gasteiger charge is 2.45. The van der Waals surface area contributed by atoms with Crippen molar-refractivity contribution in [3.05, 3.63) is 65.2 Å². The van der Waals surface area contributed by atoms with Gasteiger partial charge in [0.05, 0.1) is 0 Å². The molecule has 2 aromatic carbocycles. The SMILES string of the molecule is CNC(Oc1ccccc1C)C1(F)Cc2ccccc2C1. The molecule has 110 valence electrons. The van der Waals surface area contributed by atoms with E-state index in [4.69, 9.17) is 4.74 Å². The third-order valence-electron chi connectivity index (χ3n) is 4.16. The zero-order chi connectivity index (χ0) is 14.9. The molecule has 1 N–H and O–H groups in total. The van der Waals surface area contributed by atoms with Crippen molar-refractivity contribution < 1.29 is 9.13 Å². The Kier molecular flexibility index (Phi) is 3.68. The third-order valence-corrected chi connectivity index (χ3v) is 4.16. The average Bonchev–Trinajstić information content (AvgIpc) is 2.83. The summed E-state index contributed by atoms with van der Waals surface area (Å²) >= 11 is 0. The van der Waals surface area contributed by atoms with E-state index in [9.17, 15) is 0 Å². The molecule has 1 unspecified atom stereocenters. The molecule has 1 aliphatic carbocycles. The monoisotopic (exact) mass is 285 g/mol. The summed E-state index contributed by atoms with van der Waals surface area (Å²) in [4.78, 5) is 0. The highest BCUT2D eigenvalue weighted by molar-refractivity contribution is 5.37. The number of hydrogen-bond donors (Lipinski definition) is 1. The van der Waals surface area contributed by atoms with Crippen LogP contribution in [0.3, 0.4) is 0 Å². The van der Waals surface area contributed by atoms with Crippen LogP contribution < -0.4 is 10.1 Å². The Morgan fingerprint density at radius 2 is 1.62 bits per heavy atom. The zero-order valence-electron chi connectivity index (χ0n) is 12.4. The van der Waals surface area contributed by atoms with Crippen LogP contribution in [0.25, 0.3) is 0 Å². The lowest BCUT2D eigenvalue weighted by Gasteiger charge is -2.30. The highest BCUT2D eigenvalue weighted by atomic mass is 19.1. The Morgan fingerprint density at radius 1 is 1.05 bits per heavy atom. The van der Waals surface area contributed by atoms with Gasteiger partial charge in [-0.25, -0.2) is 4.39 Å². The van der Waals surface area contributed by atoms with Crippen LogP contribution in [-0.4, -0.2) is 18.9 Å². The molecule has 21 heavy (non-hydrogen) atoms. The lowest BCUT2D eigenvalue weighted by atomic mass is 10.00. The van der Waals surface area contributed by atoms with Crippen molar-refractivity contribution in [2.75, 3.05) is 7.05 Å². The second-order valence-corrected chi connectivity index (χ2v) is 5.71. The van der Waals surface area contributed by atoms with Gasteiger partial charge in [-0.05, 0) is 36.7 Å². The normalized spacial score (nSPS) is 17.3. The molecule has 0 aromatic heterocycles. The predicted molar refractivity (Wildman–Crippen MR) is 82.3 cm³/mol. The van der Waals surface area contributed by atoms with Crippen molar-refractivity contribution in [1.29, 1.82) is 0 Å². The largest absolute Gasteiger partial charge is 0.472 e. The van der Waals surface area contributed by atoms with Gasteiger partial charge in [0, 0.05) is 12.8 Å². The maximum atomic E-state index is 15.4. The van der Waals surface area contributed by atoms with Gasteiger partial charge in [-0.3, -0.25) is 5.32 Å². The summed E-state index contributed by atoms with van der Waals surface area (Å²) in [5.74, 6) is 0.727. The summed E-state index contributed by atoms with van der Waals surface area (Å²) in [6.45, 7) is 1.97. The molecule has 0 aliphatic heterocycles. The fraction of sp³-hybridized carbons (Fsp3) is 0.333. The van der Waals surface area contributed by atoms with Crippen LogP contribution in [0.15, 0.2) is 48.5 Å². The Morgan fingerprint density at radius 3 is 2.19 bits per heavy atom. The molecule has 2 nitrogen and oxygen atoms in total. The maximum Gasteiger partial charge on any atom is 0.184 e. The van der Waals surface area contributed by atoms with Crippen LogP contribution in [0.2, 0.25) is 0 Å². The van der Waals surface area contributed by atoms with E-state index in [1.54, 1.807) is 7.05 Å². The van der Waals surface area contributed by atoms with Gasteiger partial charge >= 0.3 is 0 Å². The van der Waals surface area contributed by atoms with E-state index in [-0.39, 0.29) is 0 Å². The van der Waals surface area contributed by atoms with Crippen molar-refractivity contribution in [3.63, 3.8) is 0 Å². The smallest absolute Gasteiger partial charge is 0.184 e. The summed E-state index contributed by atoms with van der Waals surface area (Å²) < 4.78 is 21.3. The lowest BCUT2D eigenvalue weighted by Crippen LogP contribution is -2.51. The molecule has 1 atom stereocenters. The Hall–Kier alpha value is -1.87. The van der Waals surface area contributed by atoms with Crippen LogP contribution >= 0.6 is 0 Å². The molecule has 1 aliphatic rings. The maximum absolute atomic E-state index is 15.4. The Bertz CT molecular complexity index is 616. The summed E-state index contributed by atoms with van der Waals surface area (Å²) in [7, 11) is 1.74. The fourth-order valence-electron chi connectivity index (χ4n) is 3.02. The number of ether oxygens (including phenoxy) is 1. The van der Waals surface area contributed by atoms with Gasteiger partial charge in [-0.15, -0.1) is 0 Å². The molecule has 0 saturated heterocycles. The van der Waals surface area contributed by atoms with E-state index >= 15 is 4.39 Å². The number of nitrogens with one attached hydrogen (secondary N) is 1. The minimum atomic E-state index is -1.42. The first-order valence-corrected chi connectivity index (χ1v) is 7.28. The quantitative estimate of drug-likeness (QED) is 0.869. The third kappa shape index (κ3) is 2.66. The van der Waals surface area contributed by atoms with Crippen molar-refractivity contribution in [1.82, 2.24) is 5.32 Å². The molecule has 0 amide bonds. The predicted octanol–water partition coefficient (Wildman–Crippen LogP) is 3.43. The number of fused-ring (bicyclic) bond motifs is 1. The number of halogens is 1. The number of hydrogen-bond acceptors (Lipinski definition) is 2. The first kappa shape index (κ1) is 14.1. The van der Waals surface area contributed by atoms with Crippen LogP contribution in [0.1, 0.15) is 16.7 Å². The van der Waals surface area contributed by atoms with Gasteiger partial charge in [-0.2, -0.15) is 0 Å². The summed E-state index contributed by atoms with van der Waals surface area (Å²) in [6, 6.07) is 15.6. The topological polar surface area (TPSA) is 21.3 Å². The molecule has 3 heteroatoms. The minimum absolute atomic E-state index is 0.389. The van der Waals surface area contributed by atoms with Gasteiger partial charge in [0.2, 0.25) is 0 Å². The van der Waals surface area contributed by atoms with Crippen LogP contribution in [-0.2, 0) is 12.8 Å². The molecule has 0 fully saturated rings. The molecular weight excluding hydrogens is 265 g/mol. The van der Waals surface area contributed by atoms with Gasteiger partial charge in [-0.1, -0.05) is 42.5 Å². The van der Waals surface area contributed by atoms with E-state index in [0.29, 0.717) is 12.8 Å². The summed E-state index contributed by atoms with van der Waals surface area (Å²) in [6.07, 6.45) is 0.118. The first-order chi connectivity index (χ1) is 10.1. The summed E-state index contributed by atoms with van der Waals surface area (Å²) in [5, 5.41) is 3.00. The number of para-hydroxylation sites is 1. The van der Waals surface area contributed by atoms with Gasteiger partial charge in [0.15, 0.2) is 11.9 Å². The van der Waals surface area contributed by atoms with E-state index < -0.39 is 11.9 Å². The van der Waals surface area contributed by atoms with Crippen LogP contribution in [0.5, 0.6) is 5.75 Å². The second-order valence-electron chi connectivity index (χ2n) is 5.71. The minimum Gasteiger partial charge on any atom is -0.472 e. The highest BCUT2D eigenvalue weighted by Crippen LogP contribution is 2.36. The van der Waals surface area contributed by atoms with E-state index in [0.717, 1.165) is 22.4 Å². The standard InChI is InChI=1S/C18H20FNO/c1-13-7-3-6-10-16(13)21-17(20-2)18(19)11-14-8-4-5-9-15(14)12-18/h3-10,17,20H,11-12H2,1-2H3. The molecule has 0 saturated carbocycles. The second kappa shape index (κ2) is 5.49. The molecule has 0 spiro atoms. The van der Waals surface area contributed by atoms with Gasteiger partial charge in [0.25, 0.3) is 0 Å². The van der Waals surface area contributed by atoms with E-state index in [1.165, 1.54) is 0 Å². The van der Waals surface area contributed by atoms with Crippen molar-refractivity contribution in [2.45, 2.75) is 31.7 Å². The fourth-order valence-corrected chi connectivity index (χ4v) is 3.02. The number of rotatable bonds is 4. The Balaban J connectivity index is 1.83. The van der Waals surface area contributed by atoms with Crippen LogP contribution in [0, 0.1) is 6.92 Å². The number of alkyl halides is 1. The molecule has 0 radical (unpaired) electrons. The summed E-state index contributed by atoms with van der Waals surface area (Å²) in [5.41, 5.74) is 1.75. The van der Waals surface area contributed by atoms with Crippen molar-refractivity contribution in [2.24, 2.45) is 0 Å². The van der Waals surface area contributed by atoms with Gasteiger partial charge in [0.1, 0.15) is 5.75 Å². The number of benzene rings is 2. The lowest BCUT2D eigenvalue weighted by molar-refractivity contribution is -0.00147. The zero-order valence-corrected chi connectivity index (χ0v) is 12.4. The van der Waals surface area contributed by atoms with Gasteiger partial charge < -0.3 is 4.74 Å². The van der Waals surface area contributed by atoms with Crippen molar-refractivity contribution in [3.8, 4) is 5.75 Å². The van der Waals surface area contributed by atoms with E-state index in [2.05, 4.69) is 5.32 Å². The molecule has 2 aromatic rings.